The van der Waals surface area contributed by atoms with Crippen LogP contribution in [-0.4, -0.2) is 26.6 Å². The standard InChI is InChI=1S/C26H24BrClF2N4O2/c1-16(18-5-7-20(28)8-6-18)32-24(35)12-11-23-33-22-13-19(27)14-31-25(22)34(23)15-17-3-9-21(10-4-17)36-26(2,29)30/h3-10,13-14,16H,11-12,15H2,1-2H3,(H,32,35)/t16-/m0/s1. The van der Waals surface area contributed by atoms with E-state index in [1.54, 1.807) is 30.5 Å². The summed E-state index contributed by atoms with van der Waals surface area (Å²) in [6.07, 6.45) is -0.930. The van der Waals surface area contributed by atoms with Crippen molar-refractivity contribution in [3.63, 3.8) is 0 Å². The van der Waals surface area contributed by atoms with Crippen LogP contribution in [0.1, 0.15) is 43.3 Å². The number of hydrogen-bond donors (Lipinski definition) is 1. The zero-order valence-electron chi connectivity index (χ0n) is 19.6. The van der Waals surface area contributed by atoms with E-state index in [0.717, 1.165) is 15.6 Å². The first kappa shape index (κ1) is 26.0. The number of amides is 1. The maximum Gasteiger partial charge on any atom is 0.394 e. The van der Waals surface area contributed by atoms with Gasteiger partial charge in [-0.25, -0.2) is 9.97 Å². The molecule has 2 heterocycles. The molecule has 0 saturated heterocycles. The molecule has 1 amide bonds. The van der Waals surface area contributed by atoms with Gasteiger partial charge in [-0.1, -0.05) is 35.9 Å². The van der Waals surface area contributed by atoms with Gasteiger partial charge in [0.25, 0.3) is 0 Å². The lowest BCUT2D eigenvalue weighted by molar-refractivity contribution is -0.158. The van der Waals surface area contributed by atoms with Crippen LogP contribution in [0.4, 0.5) is 8.78 Å². The van der Waals surface area contributed by atoms with Crippen LogP contribution in [0.15, 0.2) is 65.3 Å². The fraction of sp³-hybridized carbons (Fsp3) is 0.269. The van der Waals surface area contributed by atoms with Gasteiger partial charge in [0.1, 0.15) is 17.1 Å². The van der Waals surface area contributed by atoms with Gasteiger partial charge in [0, 0.05) is 35.5 Å². The van der Waals surface area contributed by atoms with Crippen molar-refractivity contribution in [1.82, 2.24) is 19.9 Å². The van der Waals surface area contributed by atoms with E-state index in [9.17, 15) is 13.6 Å². The number of nitrogens with zero attached hydrogens (tertiary/aromatic N) is 3. The summed E-state index contributed by atoms with van der Waals surface area (Å²) in [5, 5.41) is 3.65. The molecular weight excluding hydrogens is 554 g/mol. The Balaban J connectivity index is 1.49. The molecule has 4 rings (SSSR count). The van der Waals surface area contributed by atoms with Gasteiger partial charge in [0.2, 0.25) is 5.91 Å². The highest BCUT2D eigenvalue weighted by atomic mass is 79.9. The van der Waals surface area contributed by atoms with Crippen molar-refractivity contribution < 1.29 is 18.3 Å². The van der Waals surface area contributed by atoms with Crippen molar-refractivity contribution in [3.05, 3.63) is 87.2 Å². The minimum atomic E-state index is -3.25. The Morgan fingerprint density at radius 2 is 1.89 bits per heavy atom. The number of carbonyl (C=O) groups is 1. The van der Waals surface area contributed by atoms with Gasteiger partial charge >= 0.3 is 6.11 Å². The van der Waals surface area contributed by atoms with E-state index in [2.05, 4.69) is 31.0 Å². The highest BCUT2D eigenvalue weighted by Crippen LogP contribution is 2.24. The predicted molar refractivity (Wildman–Crippen MR) is 138 cm³/mol. The lowest BCUT2D eigenvalue weighted by Crippen LogP contribution is -2.27. The van der Waals surface area contributed by atoms with Crippen molar-refractivity contribution >= 4 is 44.6 Å². The van der Waals surface area contributed by atoms with Gasteiger partial charge in [0.05, 0.1) is 12.6 Å². The fourth-order valence-corrected chi connectivity index (χ4v) is 4.26. The Morgan fingerprint density at radius 3 is 2.56 bits per heavy atom. The second kappa shape index (κ2) is 10.9. The Morgan fingerprint density at radius 1 is 1.19 bits per heavy atom. The summed E-state index contributed by atoms with van der Waals surface area (Å²) < 4.78 is 33.6. The maximum atomic E-state index is 13.1. The summed E-state index contributed by atoms with van der Waals surface area (Å²) in [7, 11) is 0. The van der Waals surface area contributed by atoms with E-state index in [-0.39, 0.29) is 24.1 Å². The number of ether oxygens (including phenoxy) is 1. The molecule has 36 heavy (non-hydrogen) atoms. The second-order valence-electron chi connectivity index (χ2n) is 8.51. The second-order valence-corrected chi connectivity index (χ2v) is 9.86. The number of hydrogen-bond acceptors (Lipinski definition) is 4. The number of aromatic nitrogens is 3. The van der Waals surface area contributed by atoms with Crippen LogP contribution in [-0.2, 0) is 17.8 Å². The highest BCUT2D eigenvalue weighted by Gasteiger charge is 2.23. The molecule has 1 N–H and O–H groups in total. The van der Waals surface area contributed by atoms with Crippen LogP contribution in [0.5, 0.6) is 5.75 Å². The van der Waals surface area contributed by atoms with Gasteiger partial charge < -0.3 is 14.6 Å². The van der Waals surface area contributed by atoms with Crippen LogP contribution in [0.25, 0.3) is 11.2 Å². The number of fused-ring (bicyclic) bond motifs is 1. The number of pyridine rings is 1. The largest absolute Gasteiger partial charge is 0.433 e. The highest BCUT2D eigenvalue weighted by molar-refractivity contribution is 9.10. The number of alkyl halides is 2. The van der Waals surface area contributed by atoms with E-state index in [1.807, 2.05) is 29.7 Å². The minimum absolute atomic E-state index is 0.0792. The molecule has 0 aliphatic carbocycles. The number of carbonyl (C=O) groups excluding carboxylic acids is 1. The molecule has 0 bridgehead atoms. The smallest absolute Gasteiger partial charge is 0.394 e. The number of aryl methyl sites for hydroxylation is 1. The van der Waals surface area contributed by atoms with Crippen LogP contribution >= 0.6 is 27.5 Å². The molecule has 0 aliphatic rings. The molecule has 6 nitrogen and oxygen atoms in total. The molecule has 0 saturated carbocycles. The fourth-order valence-electron chi connectivity index (χ4n) is 3.82. The first-order valence-electron chi connectivity index (χ1n) is 11.3. The zero-order valence-corrected chi connectivity index (χ0v) is 22.0. The maximum absolute atomic E-state index is 13.1. The SMILES string of the molecule is C[C@H](NC(=O)CCc1nc2cc(Br)cnc2n1Cc1ccc(OC(C)(F)F)cc1)c1ccc(Cl)cc1. The Kier molecular flexibility index (Phi) is 7.90. The molecule has 0 unspecified atom stereocenters. The molecule has 0 radical (unpaired) electrons. The summed E-state index contributed by atoms with van der Waals surface area (Å²) in [4.78, 5) is 21.9. The summed E-state index contributed by atoms with van der Waals surface area (Å²) in [5.74, 6) is 0.674. The third-order valence-electron chi connectivity index (χ3n) is 5.51. The van der Waals surface area contributed by atoms with E-state index in [4.69, 9.17) is 16.6 Å². The third kappa shape index (κ3) is 6.79. The van der Waals surface area contributed by atoms with Gasteiger partial charge in [-0.05, 0) is 64.3 Å². The molecule has 2 aromatic heterocycles. The zero-order chi connectivity index (χ0) is 25.9. The number of imidazole rings is 1. The third-order valence-corrected chi connectivity index (χ3v) is 6.20. The van der Waals surface area contributed by atoms with E-state index in [0.29, 0.717) is 41.9 Å². The lowest BCUT2D eigenvalue weighted by Gasteiger charge is -2.15. The number of halogens is 4. The van der Waals surface area contributed by atoms with Crippen molar-refractivity contribution in [2.24, 2.45) is 0 Å². The Labute approximate surface area is 220 Å². The molecule has 1 atom stereocenters. The van der Waals surface area contributed by atoms with Crippen LogP contribution in [0, 0.1) is 0 Å². The van der Waals surface area contributed by atoms with Gasteiger partial charge in [-0.3, -0.25) is 4.79 Å². The summed E-state index contributed by atoms with van der Waals surface area (Å²) in [6, 6.07) is 15.5. The van der Waals surface area contributed by atoms with Crippen LogP contribution < -0.4 is 10.1 Å². The molecule has 2 aromatic carbocycles. The van der Waals surface area contributed by atoms with Gasteiger partial charge in [0.15, 0.2) is 5.65 Å². The van der Waals surface area contributed by atoms with Gasteiger partial charge in [-0.2, -0.15) is 8.78 Å². The topological polar surface area (TPSA) is 69.0 Å². The Hall–Kier alpha value is -3.04. The van der Waals surface area contributed by atoms with Crippen LogP contribution in [0.2, 0.25) is 5.02 Å². The minimum Gasteiger partial charge on any atom is -0.433 e. The van der Waals surface area contributed by atoms with Crippen LogP contribution in [0.3, 0.4) is 0 Å². The normalized spacial score (nSPS) is 12.5. The predicted octanol–water partition coefficient (Wildman–Crippen LogP) is 6.70. The average Bonchev–Trinajstić information content (AvgIpc) is 3.14. The van der Waals surface area contributed by atoms with E-state index >= 15 is 0 Å². The monoisotopic (exact) mass is 576 g/mol. The molecular formula is C26H24BrClF2N4O2. The summed E-state index contributed by atoms with van der Waals surface area (Å²) in [5.41, 5.74) is 3.18. The number of nitrogens with one attached hydrogen (secondary N) is 1. The number of rotatable bonds is 9. The van der Waals surface area contributed by atoms with E-state index in [1.165, 1.54) is 12.1 Å². The molecule has 4 aromatic rings. The Bertz CT molecular complexity index is 1360. The molecule has 0 spiro atoms. The van der Waals surface area contributed by atoms with Crippen molar-refractivity contribution in [3.8, 4) is 5.75 Å². The number of benzene rings is 2. The van der Waals surface area contributed by atoms with E-state index < -0.39 is 6.11 Å². The molecule has 188 valence electrons. The lowest BCUT2D eigenvalue weighted by atomic mass is 10.1. The molecule has 0 aliphatic heterocycles. The van der Waals surface area contributed by atoms with Crippen molar-refractivity contribution in [2.45, 2.75) is 45.4 Å². The quantitative estimate of drug-likeness (QED) is 0.240. The first-order valence-corrected chi connectivity index (χ1v) is 12.5. The summed E-state index contributed by atoms with van der Waals surface area (Å²) >= 11 is 9.37. The molecule has 10 heteroatoms. The van der Waals surface area contributed by atoms with Crippen molar-refractivity contribution in [2.75, 3.05) is 0 Å². The first-order chi connectivity index (χ1) is 17.1. The van der Waals surface area contributed by atoms with Gasteiger partial charge in [-0.15, -0.1) is 0 Å². The molecule has 0 fully saturated rings. The summed E-state index contributed by atoms with van der Waals surface area (Å²) in [6.45, 7) is 3.02. The van der Waals surface area contributed by atoms with Crippen molar-refractivity contribution in [1.29, 1.82) is 0 Å². The average molecular weight is 578 g/mol.